The molecule has 0 spiro atoms. The van der Waals surface area contributed by atoms with Crippen LogP contribution in [0.2, 0.25) is 0 Å². The van der Waals surface area contributed by atoms with Gasteiger partial charge in [0.2, 0.25) is 0 Å². The van der Waals surface area contributed by atoms with Crippen molar-refractivity contribution in [2.45, 2.75) is 13.0 Å². The highest BCUT2D eigenvalue weighted by atomic mass is 15.2. The van der Waals surface area contributed by atoms with Crippen molar-refractivity contribution < 1.29 is 0 Å². The normalized spacial score (nSPS) is 10.9. The Bertz CT molecular complexity index is 669. The molecule has 0 fully saturated rings. The molecule has 2 heterocycles. The molecule has 0 amide bonds. The smallest absolute Gasteiger partial charge is 0.133 e. The van der Waals surface area contributed by atoms with E-state index in [1.165, 1.54) is 5.56 Å². The van der Waals surface area contributed by atoms with Gasteiger partial charge in [-0.1, -0.05) is 12.1 Å². The second-order valence-corrected chi connectivity index (χ2v) is 4.92. The number of benzene rings is 1. The van der Waals surface area contributed by atoms with E-state index in [9.17, 15) is 0 Å². The fourth-order valence-corrected chi connectivity index (χ4v) is 2.16. The highest BCUT2D eigenvalue weighted by Crippen LogP contribution is 2.09. The summed E-state index contributed by atoms with van der Waals surface area (Å²) in [7, 11) is 1.96. The molecule has 0 saturated heterocycles. The van der Waals surface area contributed by atoms with Gasteiger partial charge in [0.05, 0.1) is 6.33 Å². The van der Waals surface area contributed by atoms with E-state index < -0.39 is 0 Å². The molecule has 0 unspecified atom stereocenters. The molecule has 2 aromatic heterocycles. The lowest BCUT2D eigenvalue weighted by atomic mass is 10.2. The fraction of sp³-hybridized carbons (Fsp3) is 0.267. The highest BCUT2D eigenvalue weighted by molar-refractivity contribution is 5.34. The van der Waals surface area contributed by atoms with E-state index >= 15 is 0 Å². The lowest BCUT2D eigenvalue weighted by Gasteiger charge is -2.06. The highest BCUT2D eigenvalue weighted by Gasteiger charge is 2.00. The molecule has 0 aliphatic heterocycles. The van der Waals surface area contributed by atoms with Crippen LogP contribution < -0.4 is 5.32 Å². The van der Waals surface area contributed by atoms with Crippen molar-refractivity contribution in [3.05, 3.63) is 60.7 Å². The van der Waals surface area contributed by atoms with Gasteiger partial charge in [0.1, 0.15) is 12.2 Å². The summed E-state index contributed by atoms with van der Waals surface area (Å²) in [6.07, 6.45) is 8.12. The fourth-order valence-electron chi connectivity index (χ4n) is 2.16. The molecular weight excluding hydrogens is 264 g/mol. The molecule has 1 aromatic carbocycles. The molecule has 0 aliphatic carbocycles. The maximum Gasteiger partial charge on any atom is 0.133 e. The summed E-state index contributed by atoms with van der Waals surface area (Å²) in [6, 6.07) is 8.46. The summed E-state index contributed by atoms with van der Waals surface area (Å²) in [5.41, 5.74) is 2.38. The predicted molar refractivity (Wildman–Crippen MR) is 80.0 cm³/mol. The van der Waals surface area contributed by atoms with E-state index in [1.807, 2.05) is 22.4 Å². The minimum atomic E-state index is 0.849. The number of imidazole rings is 1. The molecule has 21 heavy (non-hydrogen) atoms. The third-order valence-electron chi connectivity index (χ3n) is 3.40. The van der Waals surface area contributed by atoms with E-state index in [-0.39, 0.29) is 0 Å². The van der Waals surface area contributed by atoms with Crippen molar-refractivity contribution in [3.8, 4) is 5.69 Å². The van der Waals surface area contributed by atoms with Gasteiger partial charge in [0, 0.05) is 44.6 Å². The molecule has 108 valence electrons. The van der Waals surface area contributed by atoms with Gasteiger partial charge < -0.3 is 14.5 Å². The Labute approximate surface area is 123 Å². The second kappa shape index (κ2) is 6.32. The zero-order valence-electron chi connectivity index (χ0n) is 12.0. The van der Waals surface area contributed by atoms with Crippen molar-refractivity contribution in [3.63, 3.8) is 0 Å². The number of nitrogens with one attached hydrogen (secondary N) is 1. The van der Waals surface area contributed by atoms with Crippen LogP contribution in [-0.4, -0.2) is 30.9 Å². The summed E-state index contributed by atoms with van der Waals surface area (Å²) in [5, 5.41) is 11.4. The average molecular weight is 282 g/mol. The zero-order valence-corrected chi connectivity index (χ0v) is 12.0. The van der Waals surface area contributed by atoms with Gasteiger partial charge in [0.15, 0.2) is 0 Å². The van der Waals surface area contributed by atoms with Crippen molar-refractivity contribution in [1.29, 1.82) is 0 Å². The molecule has 0 saturated carbocycles. The number of hydrogen-bond donors (Lipinski definition) is 1. The topological polar surface area (TPSA) is 60.6 Å². The molecule has 3 rings (SSSR count). The van der Waals surface area contributed by atoms with Crippen LogP contribution in [0, 0.1) is 0 Å². The molecule has 0 radical (unpaired) electrons. The third kappa shape index (κ3) is 3.35. The molecule has 6 heteroatoms. The van der Waals surface area contributed by atoms with Crippen LogP contribution in [0.15, 0.2) is 49.3 Å². The van der Waals surface area contributed by atoms with Gasteiger partial charge in [-0.05, 0) is 17.7 Å². The first-order chi connectivity index (χ1) is 10.3. The van der Waals surface area contributed by atoms with E-state index in [2.05, 4.69) is 44.8 Å². The SMILES string of the molecule is Cn1cnnc1CCNCc1ccc(-n2ccnc2)cc1. The van der Waals surface area contributed by atoms with Gasteiger partial charge in [-0.3, -0.25) is 0 Å². The van der Waals surface area contributed by atoms with Crippen molar-refractivity contribution in [1.82, 2.24) is 29.6 Å². The number of rotatable bonds is 6. The van der Waals surface area contributed by atoms with Gasteiger partial charge >= 0.3 is 0 Å². The number of aromatic nitrogens is 5. The lowest BCUT2D eigenvalue weighted by Crippen LogP contribution is -2.18. The summed E-state index contributed by atoms with van der Waals surface area (Å²) in [5.74, 6) is 0.998. The quantitative estimate of drug-likeness (QED) is 0.693. The van der Waals surface area contributed by atoms with Crippen LogP contribution in [0.1, 0.15) is 11.4 Å². The number of nitrogens with zero attached hydrogens (tertiary/aromatic N) is 5. The Balaban J connectivity index is 1.48. The van der Waals surface area contributed by atoms with Crippen molar-refractivity contribution in [2.24, 2.45) is 7.05 Å². The summed E-state index contributed by atoms with van der Waals surface area (Å²) < 4.78 is 3.94. The van der Waals surface area contributed by atoms with Crippen LogP contribution in [-0.2, 0) is 20.0 Å². The number of hydrogen-bond acceptors (Lipinski definition) is 4. The Kier molecular flexibility index (Phi) is 4.07. The lowest BCUT2D eigenvalue weighted by molar-refractivity contribution is 0.654. The molecule has 1 N–H and O–H groups in total. The van der Waals surface area contributed by atoms with Crippen molar-refractivity contribution >= 4 is 0 Å². The van der Waals surface area contributed by atoms with Gasteiger partial charge in [-0.15, -0.1) is 10.2 Å². The maximum absolute atomic E-state index is 4.06. The van der Waals surface area contributed by atoms with Crippen LogP contribution in [0.25, 0.3) is 5.69 Å². The standard InChI is InChI=1S/C15H18N6/c1-20-12-18-19-15(20)6-7-16-10-13-2-4-14(5-3-13)21-9-8-17-11-21/h2-5,8-9,11-12,16H,6-7,10H2,1H3. The third-order valence-corrected chi connectivity index (χ3v) is 3.40. The van der Waals surface area contributed by atoms with Crippen LogP contribution in [0.5, 0.6) is 0 Å². The minimum Gasteiger partial charge on any atom is -0.321 e. The first-order valence-corrected chi connectivity index (χ1v) is 6.94. The number of aryl methyl sites for hydroxylation is 1. The van der Waals surface area contributed by atoms with E-state index in [1.54, 1.807) is 18.9 Å². The van der Waals surface area contributed by atoms with Crippen LogP contribution >= 0.6 is 0 Å². The molecule has 0 atom stereocenters. The Morgan fingerprint density at radius 1 is 1.14 bits per heavy atom. The van der Waals surface area contributed by atoms with Crippen LogP contribution in [0.3, 0.4) is 0 Å². The van der Waals surface area contributed by atoms with Gasteiger partial charge in [-0.2, -0.15) is 0 Å². The first kappa shape index (κ1) is 13.5. The molecule has 3 aromatic rings. The largest absolute Gasteiger partial charge is 0.321 e. The van der Waals surface area contributed by atoms with E-state index in [0.717, 1.165) is 31.0 Å². The first-order valence-electron chi connectivity index (χ1n) is 6.94. The van der Waals surface area contributed by atoms with Gasteiger partial charge in [-0.25, -0.2) is 4.98 Å². The zero-order chi connectivity index (χ0) is 14.5. The summed E-state index contributed by atoms with van der Waals surface area (Å²) in [4.78, 5) is 4.05. The Hall–Kier alpha value is -2.47. The predicted octanol–water partition coefficient (Wildman–Crippen LogP) is 1.33. The molecular formula is C15H18N6. The Morgan fingerprint density at radius 2 is 2.00 bits per heavy atom. The molecule has 6 nitrogen and oxygen atoms in total. The molecule has 0 bridgehead atoms. The minimum absolute atomic E-state index is 0.849. The van der Waals surface area contributed by atoms with Crippen molar-refractivity contribution in [2.75, 3.05) is 6.54 Å². The summed E-state index contributed by atoms with van der Waals surface area (Å²) >= 11 is 0. The van der Waals surface area contributed by atoms with Crippen LogP contribution in [0.4, 0.5) is 0 Å². The monoisotopic (exact) mass is 282 g/mol. The average Bonchev–Trinajstić information content (AvgIpc) is 3.16. The van der Waals surface area contributed by atoms with Gasteiger partial charge in [0.25, 0.3) is 0 Å². The van der Waals surface area contributed by atoms with E-state index in [0.29, 0.717) is 0 Å². The summed E-state index contributed by atoms with van der Waals surface area (Å²) in [6.45, 7) is 1.73. The van der Waals surface area contributed by atoms with E-state index in [4.69, 9.17) is 0 Å². The second-order valence-electron chi connectivity index (χ2n) is 4.92. The maximum atomic E-state index is 4.06. The molecule has 0 aliphatic rings. The Morgan fingerprint density at radius 3 is 2.67 bits per heavy atom.